The summed E-state index contributed by atoms with van der Waals surface area (Å²) in [4.78, 5) is 0. The van der Waals surface area contributed by atoms with Crippen molar-refractivity contribution in [3.63, 3.8) is 0 Å². The Bertz CT molecular complexity index is 302. The topological polar surface area (TPSA) is 49.4 Å². The molecule has 1 rings (SSSR count). The Morgan fingerprint density at radius 1 is 1.50 bits per heavy atom. The van der Waals surface area contributed by atoms with Gasteiger partial charge in [-0.25, -0.2) is 12.7 Å². The van der Waals surface area contributed by atoms with Crippen molar-refractivity contribution in [2.45, 2.75) is 31.8 Å². The summed E-state index contributed by atoms with van der Waals surface area (Å²) in [5, 5.41) is 3.23. The minimum absolute atomic E-state index is 0.0703. The molecular weight excluding hydrogens is 244 g/mol. The number of sulfonamides is 1. The third-order valence-corrected chi connectivity index (χ3v) is 5.61. The fraction of sp³-hybridized carbons (Fsp3) is 1.00. The maximum atomic E-state index is 11.9. The van der Waals surface area contributed by atoms with E-state index in [1.165, 1.54) is 17.1 Å². The second kappa shape index (κ2) is 6.23. The monoisotopic (exact) mass is 266 g/mol. The van der Waals surface area contributed by atoms with E-state index in [2.05, 4.69) is 5.32 Å². The fourth-order valence-corrected chi connectivity index (χ4v) is 3.53. The Labute approximate surface area is 103 Å². The number of nitrogens with one attached hydrogen (secondary N) is 1. The molecule has 1 aliphatic carbocycles. The van der Waals surface area contributed by atoms with Crippen LogP contribution in [0.1, 0.15) is 19.8 Å². The molecule has 1 N–H and O–H groups in total. The SMILES string of the molecule is CSCC(C)N(C)S(=O)(=O)CCNC1CC1. The van der Waals surface area contributed by atoms with Gasteiger partial charge in [-0.15, -0.1) is 0 Å². The summed E-state index contributed by atoms with van der Waals surface area (Å²) in [5.41, 5.74) is 0. The minimum Gasteiger partial charge on any atom is -0.313 e. The van der Waals surface area contributed by atoms with Crippen LogP contribution in [0.3, 0.4) is 0 Å². The van der Waals surface area contributed by atoms with Gasteiger partial charge in [-0.2, -0.15) is 11.8 Å². The van der Waals surface area contributed by atoms with Crippen LogP contribution >= 0.6 is 11.8 Å². The van der Waals surface area contributed by atoms with Crippen LogP contribution in [0.2, 0.25) is 0 Å². The van der Waals surface area contributed by atoms with Gasteiger partial charge in [0.2, 0.25) is 10.0 Å². The Balaban J connectivity index is 2.34. The van der Waals surface area contributed by atoms with Gasteiger partial charge in [0.15, 0.2) is 0 Å². The molecule has 6 heteroatoms. The van der Waals surface area contributed by atoms with Crippen LogP contribution in [-0.4, -0.2) is 56.2 Å². The zero-order valence-electron chi connectivity index (χ0n) is 10.3. The Morgan fingerprint density at radius 3 is 2.62 bits per heavy atom. The fourth-order valence-electron chi connectivity index (χ4n) is 1.44. The van der Waals surface area contributed by atoms with E-state index < -0.39 is 10.0 Å². The smallest absolute Gasteiger partial charge is 0.215 e. The first-order valence-electron chi connectivity index (χ1n) is 5.65. The van der Waals surface area contributed by atoms with Crippen molar-refractivity contribution in [1.29, 1.82) is 0 Å². The Kier molecular flexibility index (Phi) is 5.56. The number of thioether (sulfide) groups is 1. The summed E-state index contributed by atoms with van der Waals surface area (Å²) >= 11 is 1.67. The van der Waals surface area contributed by atoms with E-state index in [0.717, 1.165) is 5.75 Å². The lowest BCUT2D eigenvalue weighted by Crippen LogP contribution is -2.40. The average molecular weight is 266 g/mol. The van der Waals surface area contributed by atoms with Crippen LogP contribution in [0, 0.1) is 0 Å². The highest BCUT2D eigenvalue weighted by Gasteiger charge is 2.25. The Morgan fingerprint density at radius 2 is 2.12 bits per heavy atom. The van der Waals surface area contributed by atoms with Gasteiger partial charge >= 0.3 is 0 Å². The highest BCUT2D eigenvalue weighted by Crippen LogP contribution is 2.18. The molecule has 96 valence electrons. The number of hydrogen-bond donors (Lipinski definition) is 1. The molecule has 1 unspecified atom stereocenters. The van der Waals surface area contributed by atoms with Crippen LogP contribution in [0.15, 0.2) is 0 Å². The van der Waals surface area contributed by atoms with E-state index in [9.17, 15) is 8.42 Å². The molecule has 0 radical (unpaired) electrons. The van der Waals surface area contributed by atoms with E-state index in [1.807, 2.05) is 13.2 Å². The molecule has 0 aromatic heterocycles. The van der Waals surface area contributed by atoms with Gasteiger partial charge < -0.3 is 5.32 Å². The molecule has 4 nitrogen and oxygen atoms in total. The first-order chi connectivity index (χ1) is 7.47. The highest BCUT2D eigenvalue weighted by molar-refractivity contribution is 7.98. The van der Waals surface area contributed by atoms with Crippen molar-refractivity contribution in [2.24, 2.45) is 0 Å². The van der Waals surface area contributed by atoms with Gasteiger partial charge in [-0.1, -0.05) is 0 Å². The van der Waals surface area contributed by atoms with Crippen molar-refractivity contribution in [2.75, 3.05) is 31.4 Å². The number of rotatable bonds is 8. The maximum absolute atomic E-state index is 11.9. The molecule has 0 spiro atoms. The van der Waals surface area contributed by atoms with Gasteiger partial charge in [0.05, 0.1) is 5.75 Å². The second-order valence-corrected chi connectivity index (χ2v) is 7.42. The molecule has 1 atom stereocenters. The molecule has 0 heterocycles. The van der Waals surface area contributed by atoms with Crippen LogP contribution in [0.5, 0.6) is 0 Å². The summed E-state index contributed by atoms with van der Waals surface area (Å²) in [5.74, 6) is 1.05. The first kappa shape index (κ1) is 14.3. The lowest BCUT2D eigenvalue weighted by Gasteiger charge is -2.23. The van der Waals surface area contributed by atoms with Gasteiger partial charge in [-0.3, -0.25) is 0 Å². The maximum Gasteiger partial charge on any atom is 0.215 e. The third kappa shape index (κ3) is 4.61. The van der Waals surface area contributed by atoms with Crippen molar-refractivity contribution in [3.05, 3.63) is 0 Å². The van der Waals surface area contributed by atoms with E-state index in [1.54, 1.807) is 18.8 Å². The lowest BCUT2D eigenvalue weighted by molar-refractivity contribution is 0.414. The zero-order chi connectivity index (χ0) is 12.2. The first-order valence-corrected chi connectivity index (χ1v) is 8.65. The van der Waals surface area contributed by atoms with Crippen LogP contribution < -0.4 is 5.32 Å². The van der Waals surface area contributed by atoms with Gasteiger partial charge in [0, 0.05) is 31.4 Å². The zero-order valence-corrected chi connectivity index (χ0v) is 11.9. The van der Waals surface area contributed by atoms with E-state index in [4.69, 9.17) is 0 Å². The standard InChI is InChI=1S/C10H22N2O2S2/c1-9(8-15-3)12(2)16(13,14)7-6-11-10-4-5-10/h9-11H,4-8H2,1-3H3. The molecular formula is C10H22N2O2S2. The van der Waals surface area contributed by atoms with Crippen LogP contribution in [0.4, 0.5) is 0 Å². The molecule has 1 saturated carbocycles. The van der Waals surface area contributed by atoms with Crippen molar-refractivity contribution in [3.8, 4) is 0 Å². The van der Waals surface area contributed by atoms with E-state index in [-0.39, 0.29) is 11.8 Å². The predicted octanol–water partition coefficient (Wildman–Crippen LogP) is 0.751. The molecule has 1 fully saturated rings. The van der Waals surface area contributed by atoms with Crippen molar-refractivity contribution < 1.29 is 8.42 Å². The summed E-state index contributed by atoms with van der Waals surface area (Å²) in [7, 11) is -1.42. The van der Waals surface area contributed by atoms with E-state index in [0.29, 0.717) is 12.6 Å². The summed E-state index contributed by atoms with van der Waals surface area (Å²) < 4.78 is 25.3. The lowest BCUT2D eigenvalue weighted by atomic mass is 10.4. The quantitative estimate of drug-likeness (QED) is 0.704. The summed E-state index contributed by atoms with van der Waals surface area (Å²) in [6, 6.07) is 0.644. The second-order valence-electron chi connectivity index (χ2n) is 4.36. The number of hydrogen-bond acceptors (Lipinski definition) is 4. The molecule has 0 amide bonds. The number of nitrogens with zero attached hydrogens (tertiary/aromatic N) is 1. The minimum atomic E-state index is -3.09. The molecule has 0 aromatic carbocycles. The van der Waals surface area contributed by atoms with Crippen LogP contribution in [-0.2, 0) is 10.0 Å². The van der Waals surface area contributed by atoms with Gasteiger partial charge in [0.25, 0.3) is 0 Å². The van der Waals surface area contributed by atoms with Crippen molar-refractivity contribution >= 4 is 21.8 Å². The predicted molar refractivity (Wildman–Crippen MR) is 70.4 cm³/mol. The van der Waals surface area contributed by atoms with Gasteiger partial charge in [-0.05, 0) is 26.0 Å². The molecule has 0 saturated heterocycles. The van der Waals surface area contributed by atoms with E-state index >= 15 is 0 Å². The molecule has 0 aromatic rings. The van der Waals surface area contributed by atoms with Crippen molar-refractivity contribution in [1.82, 2.24) is 9.62 Å². The molecule has 0 bridgehead atoms. The van der Waals surface area contributed by atoms with Gasteiger partial charge in [0.1, 0.15) is 0 Å². The average Bonchev–Trinajstić information content (AvgIpc) is 3.00. The van der Waals surface area contributed by atoms with Crippen LogP contribution in [0.25, 0.3) is 0 Å². The Hall–Kier alpha value is 0.220. The summed E-state index contributed by atoms with van der Waals surface area (Å²) in [6.07, 6.45) is 4.38. The normalized spacial score (nSPS) is 19.0. The third-order valence-electron chi connectivity index (χ3n) is 2.84. The molecule has 0 aliphatic heterocycles. The molecule has 16 heavy (non-hydrogen) atoms. The largest absolute Gasteiger partial charge is 0.313 e. The molecule has 1 aliphatic rings. The highest BCUT2D eigenvalue weighted by atomic mass is 32.2. The summed E-state index contributed by atoms with van der Waals surface area (Å²) in [6.45, 7) is 2.52.